The number of halogens is 1. The van der Waals surface area contributed by atoms with Crippen LogP contribution in [-0.4, -0.2) is 32.2 Å². The highest BCUT2D eigenvalue weighted by atomic mass is 35.5. The molecule has 132 valence electrons. The molecule has 1 unspecified atom stereocenters. The summed E-state index contributed by atoms with van der Waals surface area (Å²) in [7, 11) is 0. The molecule has 0 spiro atoms. The molecule has 1 N–H and O–H groups in total. The van der Waals surface area contributed by atoms with Crippen molar-refractivity contribution in [2.24, 2.45) is 0 Å². The first-order valence-corrected chi connectivity index (χ1v) is 9.46. The quantitative estimate of drug-likeness (QED) is 0.537. The third-order valence-electron chi connectivity index (χ3n) is 3.62. The molecular weight excluding hydrogens is 378 g/mol. The summed E-state index contributed by atoms with van der Waals surface area (Å²) in [6, 6.07) is 8.54. The number of unbranched alkanes of at least 4 members (excludes halogenated alkanes) is 1. The highest BCUT2D eigenvalue weighted by Crippen LogP contribution is 2.35. The smallest absolute Gasteiger partial charge is 0.326 e. The Morgan fingerprint density at radius 2 is 2.08 bits per heavy atom. The molecule has 0 aromatic heterocycles. The van der Waals surface area contributed by atoms with Crippen LogP contribution in [0.15, 0.2) is 46.3 Å². The molecule has 0 radical (unpaired) electrons. The van der Waals surface area contributed by atoms with Crippen molar-refractivity contribution in [2.75, 3.05) is 0 Å². The van der Waals surface area contributed by atoms with Crippen molar-refractivity contribution in [3.8, 4) is 0 Å². The van der Waals surface area contributed by atoms with Gasteiger partial charge in [-0.3, -0.25) is 9.69 Å². The Labute approximate surface area is 161 Å². The Morgan fingerprint density at radius 3 is 2.68 bits per heavy atom. The van der Waals surface area contributed by atoms with Gasteiger partial charge in [-0.05, 0) is 24.1 Å². The van der Waals surface area contributed by atoms with Crippen LogP contribution in [0.1, 0.15) is 31.7 Å². The van der Waals surface area contributed by atoms with Crippen molar-refractivity contribution in [1.82, 2.24) is 4.90 Å². The van der Waals surface area contributed by atoms with Gasteiger partial charge in [-0.15, -0.1) is 0 Å². The summed E-state index contributed by atoms with van der Waals surface area (Å²) in [5.74, 6) is -1.45. The van der Waals surface area contributed by atoms with Gasteiger partial charge in [0.25, 0.3) is 5.91 Å². The number of hydrogen-bond acceptors (Lipinski definition) is 4. The highest BCUT2D eigenvalue weighted by Gasteiger charge is 2.40. The summed E-state index contributed by atoms with van der Waals surface area (Å²) in [6.45, 7) is 1.97. The summed E-state index contributed by atoms with van der Waals surface area (Å²) in [6.07, 6.45) is 5.20. The molecule has 0 aliphatic carbocycles. The number of carbonyl (C=O) groups excluding carboxylic acids is 1. The van der Waals surface area contributed by atoms with E-state index in [0.717, 1.165) is 23.7 Å². The number of hydrogen-bond donors (Lipinski definition) is 1. The van der Waals surface area contributed by atoms with Gasteiger partial charge in [0.2, 0.25) is 0 Å². The molecule has 2 rings (SSSR count). The van der Waals surface area contributed by atoms with Crippen LogP contribution in [0.5, 0.6) is 0 Å². The SMILES string of the molecule is CCCCC(C(=O)O)N1C(=O)C(=CC(Cl)=Cc2ccccc2)SC1=S. The Hall–Kier alpha value is -1.63. The van der Waals surface area contributed by atoms with Gasteiger partial charge in [0.1, 0.15) is 10.4 Å². The Morgan fingerprint density at radius 1 is 1.40 bits per heavy atom. The van der Waals surface area contributed by atoms with Crippen LogP contribution in [0, 0.1) is 0 Å². The number of rotatable bonds is 7. The summed E-state index contributed by atoms with van der Waals surface area (Å²) in [4.78, 5) is 25.7. The first kappa shape index (κ1) is 19.7. The second-order valence-electron chi connectivity index (χ2n) is 5.49. The van der Waals surface area contributed by atoms with Crippen molar-refractivity contribution in [3.63, 3.8) is 0 Å². The molecule has 7 heteroatoms. The van der Waals surface area contributed by atoms with Crippen LogP contribution in [0.4, 0.5) is 0 Å². The van der Waals surface area contributed by atoms with Crippen molar-refractivity contribution in [1.29, 1.82) is 0 Å². The predicted molar refractivity (Wildman–Crippen MR) is 106 cm³/mol. The van der Waals surface area contributed by atoms with Gasteiger partial charge < -0.3 is 5.11 Å². The lowest BCUT2D eigenvalue weighted by molar-refractivity contribution is -0.145. The molecule has 4 nitrogen and oxygen atoms in total. The number of benzene rings is 1. The van der Waals surface area contributed by atoms with E-state index in [1.54, 1.807) is 6.08 Å². The van der Waals surface area contributed by atoms with E-state index in [2.05, 4.69) is 0 Å². The first-order chi connectivity index (χ1) is 11.9. The van der Waals surface area contributed by atoms with E-state index in [4.69, 9.17) is 23.8 Å². The third kappa shape index (κ3) is 5.17. The van der Waals surface area contributed by atoms with E-state index in [0.29, 0.717) is 22.8 Å². The standard InChI is InChI=1S/C18H18ClNO3S2/c1-2-3-9-14(17(22)23)20-16(21)15(25-18(20)24)11-13(19)10-12-7-5-4-6-8-12/h4-8,10-11,14H,2-3,9H2,1H3,(H,22,23). The molecular formula is C18H18ClNO3S2. The number of nitrogens with zero attached hydrogens (tertiary/aromatic N) is 1. The Kier molecular flexibility index (Phi) is 7.23. The minimum atomic E-state index is -1.04. The molecule has 1 aliphatic heterocycles. The summed E-state index contributed by atoms with van der Waals surface area (Å²) >= 11 is 12.5. The molecule has 1 amide bonds. The fraction of sp³-hybridized carbons (Fsp3) is 0.278. The largest absolute Gasteiger partial charge is 0.480 e. The maximum absolute atomic E-state index is 12.6. The molecule has 25 heavy (non-hydrogen) atoms. The van der Waals surface area contributed by atoms with Crippen molar-refractivity contribution in [2.45, 2.75) is 32.2 Å². The summed E-state index contributed by atoms with van der Waals surface area (Å²) in [5, 5.41) is 9.82. The molecule has 0 saturated carbocycles. The number of carboxylic acids is 1. The topological polar surface area (TPSA) is 57.6 Å². The second kappa shape index (κ2) is 9.17. The van der Waals surface area contributed by atoms with Gasteiger partial charge in [-0.25, -0.2) is 4.79 Å². The van der Waals surface area contributed by atoms with Crippen molar-refractivity contribution < 1.29 is 14.7 Å². The number of carboxylic acid groups (broad SMARTS) is 1. The van der Waals surface area contributed by atoms with Crippen LogP contribution < -0.4 is 0 Å². The molecule has 1 aliphatic rings. The molecule has 1 saturated heterocycles. The Balaban J connectivity index is 2.22. The number of thiocarbonyl (C=S) groups is 1. The highest BCUT2D eigenvalue weighted by molar-refractivity contribution is 8.26. The van der Waals surface area contributed by atoms with Crippen molar-refractivity contribution in [3.05, 3.63) is 51.9 Å². The maximum atomic E-state index is 12.6. The maximum Gasteiger partial charge on any atom is 0.326 e. The van der Waals surface area contributed by atoms with Crippen LogP contribution >= 0.6 is 35.6 Å². The van der Waals surface area contributed by atoms with E-state index in [1.165, 1.54) is 11.0 Å². The number of aliphatic carboxylic acids is 1. The van der Waals surface area contributed by atoms with E-state index in [9.17, 15) is 14.7 Å². The van der Waals surface area contributed by atoms with Crippen LogP contribution in [-0.2, 0) is 9.59 Å². The third-order valence-corrected chi connectivity index (χ3v) is 5.17. The van der Waals surface area contributed by atoms with Gasteiger partial charge in [0.05, 0.1) is 4.91 Å². The number of carbonyl (C=O) groups is 2. The lowest BCUT2D eigenvalue weighted by atomic mass is 10.1. The van der Waals surface area contributed by atoms with Gasteiger partial charge in [-0.1, -0.05) is 85.7 Å². The van der Waals surface area contributed by atoms with Crippen LogP contribution in [0.2, 0.25) is 0 Å². The minimum Gasteiger partial charge on any atom is -0.480 e. The lowest BCUT2D eigenvalue weighted by Gasteiger charge is -2.22. The first-order valence-electron chi connectivity index (χ1n) is 7.86. The zero-order valence-electron chi connectivity index (χ0n) is 13.6. The molecule has 1 atom stereocenters. The van der Waals surface area contributed by atoms with Gasteiger partial charge in [0, 0.05) is 5.03 Å². The number of amides is 1. The van der Waals surface area contributed by atoms with Crippen molar-refractivity contribution >= 4 is 57.9 Å². The molecule has 1 aromatic rings. The van der Waals surface area contributed by atoms with E-state index < -0.39 is 17.9 Å². The second-order valence-corrected chi connectivity index (χ2v) is 7.60. The van der Waals surface area contributed by atoms with E-state index in [1.807, 2.05) is 37.3 Å². The summed E-state index contributed by atoms with van der Waals surface area (Å²) < 4.78 is 0.254. The zero-order valence-corrected chi connectivity index (χ0v) is 16.0. The van der Waals surface area contributed by atoms with Crippen LogP contribution in [0.25, 0.3) is 6.08 Å². The Bertz CT molecular complexity index is 731. The predicted octanol–water partition coefficient (Wildman–Crippen LogP) is 4.65. The number of thioether (sulfide) groups is 1. The fourth-order valence-electron chi connectivity index (χ4n) is 2.38. The average Bonchev–Trinajstić information content (AvgIpc) is 2.83. The van der Waals surface area contributed by atoms with Crippen LogP contribution in [0.3, 0.4) is 0 Å². The van der Waals surface area contributed by atoms with Gasteiger partial charge in [-0.2, -0.15) is 0 Å². The average molecular weight is 396 g/mol. The minimum absolute atomic E-state index is 0.254. The monoisotopic (exact) mass is 395 g/mol. The molecule has 1 heterocycles. The van der Waals surface area contributed by atoms with E-state index in [-0.39, 0.29) is 4.32 Å². The zero-order chi connectivity index (χ0) is 18.4. The molecule has 1 fully saturated rings. The normalized spacial score (nSPS) is 18.1. The lowest BCUT2D eigenvalue weighted by Crippen LogP contribution is -2.43. The summed E-state index contributed by atoms with van der Waals surface area (Å²) in [5.41, 5.74) is 0.908. The fourth-order valence-corrected chi connectivity index (χ4v) is 4.03. The number of allylic oxidation sites excluding steroid dienone is 2. The van der Waals surface area contributed by atoms with Gasteiger partial charge >= 0.3 is 5.97 Å². The molecule has 0 bridgehead atoms. The van der Waals surface area contributed by atoms with Gasteiger partial charge in [0.15, 0.2) is 0 Å². The molecule has 1 aromatic carbocycles. The van der Waals surface area contributed by atoms with E-state index >= 15 is 0 Å².